The second kappa shape index (κ2) is 8.08. The summed E-state index contributed by atoms with van der Waals surface area (Å²) in [6.07, 6.45) is 3.10. The molecule has 2 rings (SSSR count). The fourth-order valence-corrected chi connectivity index (χ4v) is 2.56. The topological polar surface area (TPSA) is 112 Å². The van der Waals surface area contributed by atoms with Gasteiger partial charge in [0, 0.05) is 20.2 Å². The number of amides is 1. The molecule has 1 N–H and O–H groups in total. The number of fused-ring (bicyclic) bond motifs is 1. The van der Waals surface area contributed by atoms with E-state index < -0.39 is 17.3 Å². The highest BCUT2D eigenvalue weighted by molar-refractivity contribution is 7.98. The highest BCUT2D eigenvalue weighted by Crippen LogP contribution is 2.22. The number of methoxy groups -OCH3 is 1. The third-order valence-electron chi connectivity index (χ3n) is 3.14. The molecule has 0 unspecified atom stereocenters. The first-order chi connectivity index (χ1) is 11.9. The summed E-state index contributed by atoms with van der Waals surface area (Å²) in [5.41, 5.74) is -0.543. The van der Waals surface area contributed by atoms with Crippen molar-refractivity contribution < 1.29 is 19.1 Å². The van der Waals surface area contributed by atoms with Gasteiger partial charge in [-0.05, 0) is 13.2 Å². The van der Waals surface area contributed by atoms with Gasteiger partial charge >= 0.3 is 5.97 Å². The van der Waals surface area contributed by atoms with Gasteiger partial charge in [0.1, 0.15) is 17.7 Å². The van der Waals surface area contributed by atoms with Crippen LogP contribution in [0.4, 0.5) is 5.82 Å². The van der Waals surface area contributed by atoms with E-state index in [-0.39, 0.29) is 35.8 Å². The van der Waals surface area contributed by atoms with Gasteiger partial charge in [-0.3, -0.25) is 9.59 Å². The SMILES string of the molecule is CCOC(=O)c1cn(COC)c2nc(SC)nc(NC(C)=O)c2c1=O. The molecule has 0 aliphatic heterocycles. The molecule has 0 bridgehead atoms. The monoisotopic (exact) mass is 366 g/mol. The van der Waals surface area contributed by atoms with Gasteiger partial charge in [-0.15, -0.1) is 0 Å². The number of carbonyl (C=O) groups is 2. The molecule has 2 aromatic rings. The number of thioether (sulfide) groups is 1. The summed E-state index contributed by atoms with van der Waals surface area (Å²) in [4.78, 5) is 44.9. The molecule has 0 atom stereocenters. The number of rotatable bonds is 6. The van der Waals surface area contributed by atoms with Crippen molar-refractivity contribution in [2.75, 3.05) is 25.3 Å². The van der Waals surface area contributed by atoms with E-state index in [0.29, 0.717) is 5.16 Å². The summed E-state index contributed by atoms with van der Waals surface area (Å²) in [6, 6.07) is 0. The molecule has 0 aromatic carbocycles. The van der Waals surface area contributed by atoms with Crippen LogP contribution in [0.15, 0.2) is 16.1 Å². The van der Waals surface area contributed by atoms with Crippen molar-refractivity contribution in [2.24, 2.45) is 0 Å². The summed E-state index contributed by atoms with van der Waals surface area (Å²) in [5.74, 6) is -1.11. The summed E-state index contributed by atoms with van der Waals surface area (Å²) in [6.45, 7) is 3.12. The van der Waals surface area contributed by atoms with Crippen LogP contribution >= 0.6 is 11.8 Å². The van der Waals surface area contributed by atoms with Gasteiger partial charge in [0.2, 0.25) is 11.3 Å². The van der Waals surface area contributed by atoms with Gasteiger partial charge < -0.3 is 19.4 Å². The van der Waals surface area contributed by atoms with Crippen LogP contribution in [-0.2, 0) is 21.0 Å². The standard InChI is InChI=1S/C15H18N4O5S/c1-5-24-14(22)9-6-19(7-23-3)13-10(11(9)21)12(16-8(2)20)17-15(18-13)25-4/h6H,5,7H2,1-4H3,(H,16,17,18,20). The third-order valence-corrected chi connectivity index (χ3v) is 3.69. The number of carbonyl (C=O) groups excluding carboxylic acids is 2. The summed E-state index contributed by atoms with van der Waals surface area (Å²) < 4.78 is 11.5. The molecular formula is C15H18N4O5S. The summed E-state index contributed by atoms with van der Waals surface area (Å²) in [5, 5.41) is 2.91. The minimum atomic E-state index is -0.762. The predicted molar refractivity (Wildman–Crippen MR) is 92.8 cm³/mol. The van der Waals surface area contributed by atoms with Crippen LogP contribution in [0.1, 0.15) is 24.2 Å². The molecule has 0 aliphatic carbocycles. The molecule has 0 radical (unpaired) electrons. The Labute approximate surface area is 147 Å². The first kappa shape index (κ1) is 18.9. The number of nitrogens with one attached hydrogen (secondary N) is 1. The Morgan fingerprint density at radius 3 is 2.64 bits per heavy atom. The lowest BCUT2D eigenvalue weighted by molar-refractivity contribution is -0.114. The van der Waals surface area contributed by atoms with E-state index >= 15 is 0 Å². The Kier molecular flexibility index (Phi) is 6.10. The second-order valence-corrected chi connectivity index (χ2v) is 5.69. The first-order valence-corrected chi connectivity index (χ1v) is 8.58. The van der Waals surface area contributed by atoms with Gasteiger partial charge in [-0.1, -0.05) is 11.8 Å². The molecule has 25 heavy (non-hydrogen) atoms. The molecule has 0 fully saturated rings. The molecule has 0 spiro atoms. The molecule has 0 saturated carbocycles. The largest absolute Gasteiger partial charge is 0.462 e. The molecule has 10 heteroatoms. The second-order valence-electron chi connectivity index (χ2n) is 4.92. The van der Waals surface area contributed by atoms with Gasteiger partial charge in [0.05, 0.1) is 6.61 Å². The number of hydrogen-bond donors (Lipinski definition) is 1. The Bertz CT molecular complexity index is 880. The number of ether oxygens (including phenoxy) is 2. The minimum absolute atomic E-state index is 0.0237. The maximum Gasteiger partial charge on any atom is 0.343 e. The first-order valence-electron chi connectivity index (χ1n) is 7.35. The van der Waals surface area contributed by atoms with Crippen molar-refractivity contribution in [3.63, 3.8) is 0 Å². The van der Waals surface area contributed by atoms with E-state index in [4.69, 9.17) is 9.47 Å². The molecule has 2 heterocycles. The van der Waals surface area contributed by atoms with Gasteiger partial charge in [0.15, 0.2) is 16.6 Å². The van der Waals surface area contributed by atoms with E-state index in [0.717, 1.165) is 0 Å². The van der Waals surface area contributed by atoms with Gasteiger partial charge in [-0.25, -0.2) is 14.8 Å². The Morgan fingerprint density at radius 1 is 1.36 bits per heavy atom. The van der Waals surface area contributed by atoms with Crippen LogP contribution in [0.5, 0.6) is 0 Å². The number of esters is 1. The molecule has 1 amide bonds. The van der Waals surface area contributed by atoms with Crippen molar-refractivity contribution in [2.45, 2.75) is 25.7 Å². The van der Waals surface area contributed by atoms with Crippen LogP contribution in [0, 0.1) is 0 Å². The average Bonchev–Trinajstić information content (AvgIpc) is 2.56. The quantitative estimate of drug-likeness (QED) is 0.462. The van der Waals surface area contributed by atoms with Crippen molar-refractivity contribution in [1.29, 1.82) is 0 Å². The van der Waals surface area contributed by atoms with E-state index in [1.54, 1.807) is 13.2 Å². The maximum absolute atomic E-state index is 12.8. The number of anilines is 1. The minimum Gasteiger partial charge on any atom is -0.462 e. The lowest BCUT2D eigenvalue weighted by Gasteiger charge is -2.14. The Morgan fingerprint density at radius 2 is 2.08 bits per heavy atom. The van der Waals surface area contributed by atoms with E-state index in [1.165, 1.54) is 36.6 Å². The fraction of sp³-hybridized carbons (Fsp3) is 0.400. The number of pyridine rings is 1. The molecule has 2 aromatic heterocycles. The normalized spacial score (nSPS) is 10.7. The lowest BCUT2D eigenvalue weighted by atomic mass is 10.2. The van der Waals surface area contributed by atoms with Crippen molar-refractivity contribution in [3.8, 4) is 0 Å². The highest BCUT2D eigenvalue weighted by atomic mass is 32.2. The van der Waals surface area contributed by atoms with Crippen LogP contribution in [0.25, 0.3) is 11.0 Å². The van der Waals surface area contributed by atoms with Crippen LogP contribution in [-0.4, -0.2) is 46.4 Å². The van der Waals surface area contributed by atoms with E-state index in [2.05, 4.69) is 15.3 Å². The summed E-state index contributed by atoms with van der Waals surface area (Å²) in [7, 11) is 1.47. The summed E-state index contributed by atoms with van der Waals surface area (Å²) >= 11 is 1.25. The zero-order valence-corrected chi connectivity index (χ0v) is 15.1. The highest BCUT2D eigenvalue weighted by Gasteiger charge is 2.21. The van der Waals surface area contributed by atoms with Gasteiger partial charge in [-0.2, -0.15) is 0 Å². The van der Waals surface area contributed by atoms with Crippen LogP contribution in [0.2, 0.25) is 0 Å². The zero-order valence-electron chi connectivity index (χ0n) is 14.3. The average molecular weight is 366 g/mol. The van der Waals surface area contributed by atoms with Crippen molar-refractivity contribution in [3.05, 3.63) is 22.0 Å². The number of hydrogen-bond acceptors (Lipinski definition) is 8. The fourth-order valence-electron chi connectivity index (χ4n) is 2.20. The zero-order chi connectivity index (χ0) is 18.6. The molecule has 9 nitrogen and oxygen atoms in total. The van der Waals surface area contributed by atoms with E-state index in [9.17, 15) is 14.4 Å². The van der Waals surface area contributed by atoms with E-state index in [1.807, 2.05) is 0 Å². The lowest BCUT2D eigenvalue weighted by Crippen LogP contribution is -2.24. The van der Waals surface area contributed by atoms with Crippen molar-refractivity contribution in [1.82, 2.24) is 14.5 Å². The van der Waals surface area contributed by atoms with Gasteiger partial charge in [0.25, 0.3) is 0 Å². The van der Waals surface area contributed by atoms with Crippen molar-refractivity contribution >= 4 is 40.5 Å². The van der Waals surface area contributed by atoms with Crippen LogP contribution < -0.4 is 10.7 Å². The molecule has 0 aliphatic rings. The third kappa shape index (κ3) is 3.97. The Balaban J connectivity index is 2.88. The number of nitrogens with zero attached hydrogens (tertiary/aromatic N) is 3. The maximum atomic E-state index is 12.8. The van der Waals surface area contributed by atoms with Crippen LogP contribution in [0.3, 0.4) is 0 Å². The molecule has 0 saturated heterocycles. The molecule has 134 valence electrons. The Hall–Kier alpha value is -2.46. The smallest absolute Gasteiger partial charge is 0.343 e. The predicted octanol–water partition coefficient (Wildman–Crippen LogP) is 1.25. The molecular weight excluding hydrogens is 348 g/mol. The number of aromatic nitrogens is 3.